The Kier molecular flexibility index (Phi) is 4.92. The fourth-order valence-electron chi connectivity index (χ4n) is 4.27. The van der Waals surface area contributed by atoms with Crippen LogP contribution in [-0.4, -0.2) is 15.5 Å². The third kappa shape index (κ3) is 3.34. The Balaban J connectivity index is 1.59. The first kappa shape index (κ1) is 18.1. The number of nitrogens with one attached hydrogen (secondary N) is 1. The monoisotopic (exact) mass is 381 g/mol. The lowest BCUT2D eigenvalue weighted by Gasteiger charge is -2.36. The zero-order valence-electron chi connectivity index (χ0n) is 15.5. The number of carbonyl (C=O) groups excluding carboxylic acids is 1. The summed E-state index contributed by atoms with van der Waals surface area (Å²) in [4.78, 5) is 18.0. The van der Waals surface area contributed by atoms with Crippen molar-refractivity contribution >= 4 is 28.5 Å². The molecule has 1 aliphatic carbocycles. The van der Waals surface area contributed by atoms with E-state index >= 15 is 0 Å². The normalized spacial score (nSPS) is 16.4. The van der Waals surface area contributed by atoms with Crippen LogP contribution in [0.2, 0.25) is 5.02 Å². The molecule has 4 nitrogen and oxygen atoms in total. The Morgan fingerprint density at radius 1 is 1.15 bits per heavy atom. The first-order chi connectivity index (χ1) is 13.1. The SMILES string of the molecule is Cn1c(CNC(=O)C2(c3cccc(Cl)c3)CCCCC2)nc2ccccc21. The van der Waals surface area contributed by atoms with Crippen LogP contribution < -0.4 is 5.32 Å². The average Bonchev–Trinajstić information content (AvgIpc) is 3.02. The van der Waals surface area contributed by atoms with Crippen molar-refractivity contribution in [2.24, 2.45) is 7.05 Å². The van der Waals surface area contributed by atoms with Crippen LogP contribution in [0.5, 0.6) is 0 Å². The van der Waals surface area contributed by atoms with E-state index in [-0.39, 0.29) is 5.91 Å². The van der Waals surface area contributed by atoms with E-state index in [4.69, 9.17) is 11.6 Å². The molecule has 0 atom stereocenters. The highest BCUT2D eigenvalue weighted by atomic mass is 35.5. The van der Waals surface area contributed by atoms with Gasteiger partial charge < -0.3 is 9.88 Å². The number of carbonyl (C=O) groups is 1. The lowest BCUT2D eigenvalue weighted by atomic mass is 9.68. The maximum Gasteiger partial charge on any atom is 0.231 e. The van der Waals surface area contributed by atoms with Crippen molar-refractivity contribution in [1.82, 2.24) is 14.9 Å². The van der Waals surface area contributed by atoms with Gasteiger partial charge in [-0.3, -0.25) is 4.79 Å². The molecule has 1 amide bonds. The van der Waals surface area contributed by atoms with E-state index in [0.29, 0.717) is 11.6 Å². The molecule has 1 aliphatic rings. The molecule has 3 aromatic rings. The summed E-state index contributed by atoms with van der Waals surface area (Å²) in [6.45, 7) is 0.423. The molecule has 1 heterocycles. The highest BCUT2D eigenvalue weighted by Crippen LogP contribution is 2.40. The zero-order chi connectivity index (χ0) is 18.9. The van der Waals surface area contributed by atoms with Gasteiger partial charge in [0.2, 0.25) is 5.91 Å². The van der Waals surface area contributed by atoms with E-state index in [0.717, 1.165) is 48.1 Å². The second-order valence-electron chi connectivity index (χ2n) is 7.41. The highest BCUT2D eigenvalue weighted by molar-refractivity contribution is 6.30. The minimum Gasteiger partial charge on any atom is -0.348 e. The first-order valence-electron chi connectivity index (χ1n) is 9.55. The smallest absolute Gasteiger partial charge is 0.231 e. The van der Waals surface area contributed by atoms with Gasteiger partial charge in [0, 0.05) is 12.1 Å². The number of fused-ring (bicyclic) bond motifs is 1. The van der Waals surface area contributed by atoms with E-state index in [2.05, 4.69) is 10.3 Å². The molecule has 1 fully saturated rings. The van der Waals surface area contributed by atoms with Gasteiger partial charge in [-0.25, -0.2) is 4.98 Å². The van der Waals surface area contributed by atoms with Gasteiger partial charge in [0.15, 0.2) is 0 Å². The number of para-hydroxylation sites is 2. The van der Waals surface area contributed by atoms with Crippen LogP contribution >= 0.6 is 11.6 Å². The molecular formula is C22H24ClN3O. The number of hydrogen-bond donors (Lipinski definition) is 1. The molecule has 1 N–H and O–H groups in total. The van der Waals surface area contributed by atoms with Crippen molar-refractivity contribution in [1.29, 1.82) is 0 Å². The number of halogens is 1. The lowest BCUT2D eigenvalue weighted by Crippen LogP contribution is -2.45. The van der Waals surface area contributed by atoms with Crippen molar-refractivity contribution in [3.8, 4) is 0 Å². The zero-order valence-corrected chi connectivity index (χ0v) is 16.3. The minimum atomic E-state index is -0.492. The van der Waals surface area contributed by atoms with Crippen LogP contribution in [0.4, 0.5) is 0 Å². The molecular weight excluding hydrogens is 358 g/mol. The Bertz CT molecular complexity index is 973. The molecule has 0 aliphatic heterocycles. The van der Waals surface area contributed by atoms with Gasteiger partial charge in [0.05, 0.1) is 23.0 Å². The van der Waals surface area contributed by atoms with Gasteiger partial charge in [-0.15, -0.1) is 0 Å². The van der Waals surface area contributed by atoms with Crippen molar-refractivity contribution < 1.29 is 4.79 Å². The summed E-state index contributed by atoms with van der Waals surface area (Å²) in [6.07, 6.45) is 5.03. The maximum absolute atomic E-state index is 13.3. The van der Waals surface area contributed by atoms with E-state index in [1.165, 1.54) is 6.42 Å². The third-order valence-electron chi connectivity index (χ3n) is 5.81. The van der Waals surface area contributed by atoms with Gasteiger partial charge in [-0.2, -0.15) is 0 Å². The topological polar surface area (TPSA) is 46.9 Å². The molecule has 0 bridgehead atoms. The predicted molar refractivity (Wildman–Crippen MR) is 109 cm³/mol. The Morgan fingerprint density at radius 2 is 1.93 bits per heavy atom. The fourth-order valence-corrected chi connectivity index (χ4v) is 4.46. The number of nitrogens with zero attached hydrogens (tertiary/aromatic N) is 2. The van der Waals surface area contributed by atoms with Gasteiger partial charge in [-0.1, -0.05) is 55.1 Å². The van der Waals surface area contributed by atoms with Crippen LogP contribution in [0.1, 0.15) is 43.5 Å². The van der Waals surface area contributed by atoms with E-state index in [1.807, 2.05) is 60.1 Å². The first-order valence-corrected chi connectivity index (χ1v) is 9.93. The number of hydrogen-bond acceptors (Lipinski definition) is 2. The molecule has 0 unspecified atom stereocenters. The number of aromatic nitrogens is 2. The van der Waals surface area contributed by atoms with Crippen molar-refractivity contribution in [3.05, 3.63) is 64.9 Å². The van der Waals surface area contributed by atoms with Crippen LogP contribution in [0.3, 0.4) is 0 Å². The summed E-state index contributed by atoms with van der Waals surface area (Å²) < 4.78 is 2.04. The molecule has 2 aromatic carbocycles. The summed E-state index contributed by atoms with van der Waals surface area (Å²) >= 11 is 6.22. The van der Waals surface area contributed by atoms with E-state index < -0.39 is 5.41 Å². The molecule has 0 spiro atoms. The van der Waals surface area contributed by atoms with Crippen molar-refractivity contribution in [2.45, 2.75) is 44.1 Å². The quantitative estimate of drug-likeness (QED) is 0.709. The number of rotatable bonds is 4. The molecule has 0 saturated heterocycles. The fraction of sp³-hybridized carbons (Fsp3) is 0.364. The second-order valence-corrected chi connectivity index (χ2v) is 7.85. The van der Waals surface area contributed by atoms with Gasteiger partial charge >= 0.3 is 0 Å². The summed E-state index contributed by atoms with van der Waals surface area (Å²) in [5, 5.41) is 3.85. The van der Waals surface area contributed by atoms with Crippen LogP contribution in [0.15, 0.2) is 48.5 Å². The predicted octanol–water partition coefficient (Wildman–Crippen LogP) is 4.75. The Hall–Kier alpha value is -2.33. The van der Waals surface area contributed by atoms with E-state index in [9.17, 15) is 4.79 Å². The molecule has 1 aromatic heterocycles. The van der Waals surface area contributed by atoms with Gasteiger partial charge in [-0.05, 0) is 42.7 Å². The Labute approximate surface area is 164 Å². The molecule has 140 valence electrons. The number of imidazole rings is 1. The third-order valence-corrected chi connectivity index (χ3v) is 6.04. The van der Waals surface area contributed by atoms with Crippen molar-refractivity contribution in [3.63, 3.8) is 0 Å². The molecule has 0 radical (unpaired) electrons. The summed E-state index contributed by atoms with van der Waals surface area (Å²) in [7, 11) is 1.99. The van der Waals surface area contributed by atoms with Crippen LogP contribution in [-0.2, 0) is 23.8 Å². The number of benzene rings is 2. The molecule has 4 rings (SSSR count). The summed E-state index contributed by atoms with van der Waals surface area (Å²) in [5.41, 5.74) is 2.56. The summed E-state index contributed by atoms with van der Waals surface area (Å²) in [6, 6.07) is 15.8. The van der Waals surface area contributed by atoms with Gasteiger partial charge in [0.25, 0.3) is 0 Å². The minimum absolute atomic E-state index is 0.0801. The van der Waals surface area contributed by atoms with Crippen molar-refractivity contribution in [2.75, 3.05) is 0 Å². The number of aryl methyl sites for hydroxylation is 1. The van der Waals surface area contributed by atoms with Crippen LogP contribution in [0.25, 0.3) is 11.0 Å². The van der Waals surface area contributed by atoms with Crippen LogP contribution in [0, 0.1) is 0 Å². The lowest BCUT2D eigenvalue weighted by molar-refractivity contribution is -0.128. The molecule has 27 heavy (non-hydrogen) atoms. The standard InChI is InChI=1S/C22H24ClN3O/c1-26-19-11-4-3-10-18(19)25-20(26)15-24-21(27)22(12-5-2-6-13-22)16-8-7-9-17(23)14-16/h3-4,7-11,14H,2,5-6,12-13,15H2,1H3,(H,24,27). The second kappa shape index (κ2) is 7.35. The van der Waals surface area contributed by atoms with Gasteiger partial charge in [0.1, 0.15) is 5.82 Å². The summed E-state index contributed by atoms with van der Waals surface area (Å²) in [5.74, 6) is 0.943. The molecule has 1 saturated carbocycles. The maximum atomic E-state index is 13.3. The average molecular weight is 382 g/mol. The Morgan fingerprint density at radius 3 is 2.67 bits per heavy atom. The largest absolute Gasteiger partial charge is 0.348 e. The molecule has 5 heteroatoms. The van der Waals surface area contributed by atoms with E-state index in [1.54, 1.807) is 0 Å². The highest BCUT2D eigenvalue weighted by Gasteiger charge is 2.41. The number of amides is 1.